The van der Waals surface area contributed by atoms with E-state index in [4.69, 9.17) is 11.6 Å². The first-order valence-electron chi connectivity index (χ1n) is 7.75. The molecule has 7 heteroatoms. The highest BCUT2D eigenvalue weighted by molar-refractivity contribution is 7.60. The Balaban J connectivity index is 1.97. The zero-order valence-corrected chi connectivity index (χ0v) is 15.0. The van der Waals surface area contributed by atoms with Crippen molar-refractivity contribution in [2.24, 2.45) is 0 Å². The van der Waals surface area contributed by atoms with Gasteiger partial charge in [-0.15, -0.1) is 0 Å². The number of H-pyrrole nitrogens is 1. The number of benzene rings is 3. The molecule has 1 aromatic heterocycles. The van der Waals surface area contributed by atoms with Crippen molar-refractivity contribution >= 4 is 46.2 Å². The van der Waals surface area contributed by atoms with Crippen molar-refractivity contribution in [1.29, 1.82) is 0 Å². The zero-order chi connectivity index (χ0) is 18.5. The van der Waals surface area contributed by atoms with Crippen molar-refractivity contribution in [3.63, 3.8) is 0 Å². The molecule has 3 N–H and O–H groups in total. The van der Waals surface area contributed by atoms with E-state index in [2.05, 4.69) is 4.98 Å². The molecule has 0 saturated heterocycles. The average molecular weight is 386 g/mol. The third-order valence-corrected chi connectivity index (χ3v) is 5.56. The fraction of sp³-hybridized carbons (Fsp3) is 0. The predicted molar refractivity (Wildman–Crippen MR) is 104 cm³/mol. The van der Waals surface area contributed by atoms with Crippen LogP contribution in [-0.2, 0) is 4.57 Å². The summed E-state index contributed by atoms with van der Waals surface area (Å²) in [6, 6.07) is 18.4. The van der Waals surface area contributed by atoms with Crippen LogP contribution in [-0.4, -0.2) is 14.8 Å². The van der Waals surface area contributed by atoms with Gasteiger partial charge in [-0.1, -0.05) is 48.0 Å². The van der Waals surface area contributed by atoms with Gasteiger partial charge in [0.25, 0.3) is 5.56 Å². The molecule has 0 radical (unpaired) electrons. The van der Waals surface area contributed by atoms with Crippen LogP contribution in [0.1, 0.15) is 0 Å². The quantitative estimate of drug-likeness (QED) is 0.458. The second kappa shape index (κ2) is 6.08. The number of rotatable bonds is 2. The van der Waals surface area contributed by atoms with Gasteiger partial charge in [-0.25, -0.2) is 0 Å². The molecule has 0 spiro atoms. The molecular weight excluding hydrogens is 373 g/mol. The number of aromatic nitrogens is 1. The standard InChI is InChI=1S/C19H13ClNO4P/c20-16-10-17-14(9-18(19(22)21-17)26(23,24)25)8-15(16)13-6-5-11-3-1-2-4-12(11)7-13/h1-10H,(H,21,22)(H2,23,24,25). The van der Waals surface area contributed by atoms with Crippen LogP contribution < -0.4 is 10.9 Å². The molecule has 0 aliphatic heterocycles. The zero-order valence-electron chi connectivity index (χ0n) is 13.3. The SMILES string of the molecule is O=c1[nH]c2cc(Cl)c(-c3ccc4ccccc4c3)cc2cc1P(=O)(O)O. The molecule has 0 bridgehead atoms. The van der Waals surface area contributed by atoms with Gasteiger partial charge >= 0.3 is 7.60 Å². The molecule has 0 fully saturated rings. The van der Waals surface area contributed by atoms with Crippen LogP contribution >= 0.6 is 19.2 Å². The Bertz CT molecular complexity index is 1280. The van der Waals surface area contributed by atoms with E-state index in [1.54, 1.807) is 12.1 Å². The minimum atomic E-state index is -4.67. The van der Waals surface area contributed by atoms with Crippen molar-refractivity contribution in [3.8, 4) is 11.1 Å². The predicted octanol–water partition coefficient (Wildman–Crippen LogP) is 3.80. The van der Waals surface area contributed by atoms with E-state index in [0.29, 0.717) is 21.5 Å². The Morgan fingerprint density at radius 1 is 0.885 bits per heavy atom. The number of hydrogen-bond acceptors (Lipinski definition) is 2. The van der Waals surface area contributed by atoms with E-state index in [-0.39, 0.29) is 0 Å². The minimum absolute atomic E-state index is 0.418. The lowest BCUT2D eigenvalue weighted by Gasteiger charge is -2.10. The molecule has 0 atom stereocenters. The molecule has 5 nitrogen and oxygen atoms in total. The Kier molecular flexibility index (Phi) is 3.98. The first-order valence-corrected chi connectivity index (χ1v) is 9.74. The van der Waals surface area contributed by atoms with E-state index in [0.717, 1.165) is 16.3 Å². The summed E-state index contributed by atoms with van der Waals surface area (Å²) in [5.41, 5.74) is 1.19. The summed E-state index contributed by atoms with van der Waals surface area (Å²) in [7, 11) is -4.67. The monoisotopic (exact) mass is 385 g/mol. The number of aromatic amines is 1. The van der Waals surface area contributed by atoms with Crippen LogP contribution in [0.4, 0.5) is 0 Å². The Morgan fingerprint density at radius 2 is 1.62 bits per heavy atom. The highest BCUT2D eigenvalue weighted by Crippen LogP contribution is 2.35. The number of halogens is 1. The van der Waals surface area contributed by atoms with Gasteiger partial charge in [0, 0.05) is 11.1 Å². The summed E-state index contributed by atoms with van der Waals surface area (Å²) in [6.07, 6.45) is 0. The maximum atomic E-state index is 11.9. The first-order chi connectivity index (χ1) is 12.3. The number of pyridine rings is 1. The summed E-state index contributed by atoms with van der Waals surface area (Å²) in [5, 5.41) is 2.53. The van der Waals surface area contributed by atoms with Crippen LogP contribution in [0.25, 0.3) is 32.8 Å². The maximum absolute atomic E-state index is 11.9. The van der Waals surface area contributed by atoms with Crippen LogP contribution in [0.2, 0.25) is 5.02 Å². The van der Waals surface area contributed by atoms with Crippen LogP contribution in [0, 0.1) is 0 Å². The van der Waals surface area contributed by atoms with Crippen LogP contribution in [0.5, 0.6) is 0 Å². The highest BCUT2D eigenvalue weighted by atomic mass is 35.5. The normalized spacial score (nSPS) is 12.0. The van der Waals surface area contributed by atoms with Crippen molar-refractivity contribution in [2.75, 3.05) is 0 Å². The maximum Gasteiger partial charge on any atom is 0.361 e. The molecule has 4 rings (SSSR count). The number of nitrogens with one attached hydrogen (secondary N) is 1. The van der Waals surface area contributed by atoms with Crippen molar-refractivity contribution < 1.29 is 14.4 Å². The summed E-state index contributed by atoms with van der Waals surface area (Å²) < 4.78 is 11.5. The summed E-state index contributed by atoms with van der Waals surface area (Å²) >= 11 is 6.40. The molecule has 1 heterocycles. The lowest BCUT2D eigenvalue weighted by Crippen LogP contribution is -2.26. The van der Waals surface area contributed by atoms with Gasteiger partial charge in [-0.3, -0.25) is 9.36 Å². The minimum Gasteiger partial charge on any atom is -0.321 e. The van der Waals surface area contributed by atoms with Crippen LogP contribution in [0.15, 0.2) is 65.5 Å². The molecule has 0 aliphatic rings. The molecule has 3 aromatic carbocycles. The Morgan fingerprint density at radius 3 is 2.35 bits per heavy atom. The highest BCUT2D eigenvalue weighted by Gasteiger charge is 2.22. The van der Waals surface area contributed by atoms with Crippen LogP contribution in [0.3, 0.4) is 0 Å². The molecule has 4 aromatic rings. The third kappa shape index (κ3) is 2.96. The van der Waals surface area contributed by atoms with Gasteiger partial charge in [0.1, 0.15) is 5.30 Å². The van der Waals surface area contributed by atoms with E-state index in [9.17, 15) is 19.1 Å². The van der Waals surface area contributed by atoms with Gasteiger partial charge in [-0.2, -0.15) is 0 Å². The fourth-order valence-electron chi connectivity index (χ4n) is 3.01. The van der Waals surface area contributed by atoms with E-state index in [1.807, 2.05) is 42.5 Å². The average Bonchev–Trinajstić information content (AvgIpc) is 2.59. The second-order valence-electron chi connectivity index (χ2n) is 6.01. The van der Waals surface area contributed by atoms with Gasteiger partial charge in [-0.05, 0) is 46.0 Å². The van der Waals surface area contributed by atoms with Crippen molar-refractivity contribution in [3.05, 3.63) is 76.0 Å². The molecular formula is C19H13ClNO4P. The molecule has 0 aliphatic carbocycles. The van der Waals surface area contributed by atoms with Gasteiger partial charge in [0.2, 0.25) is 0 Å². The van der Waals surface area contributed by atoms with Gasteiger partial charge in [0.05, 0.1) is 5.02 Å². The van der Waals surface area contributed by atoms with E-state index < -0.39 is 18.5 Å². The molecule has 0 unspecified atom stereocenters. The smallest absolute Gasteiger partial charge is 0.321 e. The first kappa shape index (κ1) is 17.0. The molecule has 0 amide bonds. The number of fused-ring (bicyclic) bond motifs is 2. The second-order valence-corrected chi connectivity index (χ2v) is 7.99. The van der Waals surface area contributed by atoms with E-state index >= 15 is 0 Å². The third-order valence-electron chi connectivity index (χ3n) is 4.29. The molecule has 130 valence electrons. The summed E-state index contributed by atoms with van der Waals surface area (Å²) in [5.74, 6) is 0. The Hall–Kier alpha value is -2.43. The van der Waals surface area contributed by atoms with Crippen molar-refractivity contribution in [1.82, 2.24) is 4.98 Å². The molecule has 26 heavy (non-hydrogen) atoms. The fourth-order valence-corrected chi connectivity index (χ4v) is 3.91. The largest absolute Gasteiger partial charge is 0.361 e. The molecule has 0 saturated carbocycles. The van der Waals surface area contributed by atoms with Gasteiger partial charge in [0.15, 0.2) is 0 Å². The Labute approximate surface area is 153 Å². The number of hydrogen-bond donors (Lipinski definition) is 3. The lowest BCUT2D eigenvalue weighted by atomic mass is 10.00. The summed E-state index contributed by atoms with van der Waals surface area (Å²) in [6.45, 7) is 0. The van der Waals surface area contributed by atoms with E-state index in [1.165, 1.54) is 6.07 Å². The lowest BCUT2D eigenvalue weighted by molar-refractivity contribution is 0.387. The van der Waals surface area contributed by atoms with Crippen molar-refractivity contribution in [2.45, 2.75) is 0 Å². The summed E-state index contributed by atoms with van der Waals surface area (Å²) in [4.78, 5) is 33.1. The topological polar surface area (TPSA) is 90.4 Å². The van der Waals surface area contributed by atoms with Gasteiger partial charge < -0.3 is 14.8 Å².